The summed E-state index contributed by atoms with van der Waals surface area (Å²) >= 11 is 0. The number of anilines is 3. The lowest BCUT2D eigenvalue weighted by atomic mass is 10.1. The maximum absolute atomic E-state index is 12.7. The van der Waals surface area contributed by atoms with Crippen LogP contribution in [-0.4, -0.2) is 24.1 Å². The first-order valence-electron chi connectivity index (χ1n) is 7.16. The van der Waals surface area contributed by atoms with Gasteiger partial charge in [-0.25, -0.2) is 4.98 Å². The minimum Gasteiger partial charge on any atom is -0.364 e. The molecule has 0 amide bonds. The molecule has 1 aliphatic rings. The molecule has 6 nitrogen and oxygen atoms in total. The Morgan fingerprint density at radius 2 is 2.04 bits per heavy atom. The molecule has 9 heteroatoms. The van der Waals surface area contributed by atoms with Crippen molar-refractivity contribution in [3.05, 3.63) is 58.6 Å². The van der Waals surface area contributed by atoms with Gasteiger partial charge in [0, 0.05) is 29.9 Å². The standard InChI is InChI=1S/C15H13F3N6/c16-15(17,18)10-3-5-12(6-4-10)24-9-11(8-21-23-19)22-14-13(24)2-1-7-20-14/h1-7,11H,8-9H2,(H,20,22). The Hall–Kier alpha value is -2.93. The van der Waals surface area contributed by atoms with Crippen LogP contribution in [0.4, 0.5) is 30.4 Å². The first kappa shape index (κ1) is 15.9. The van der Waals surface area contributed by atoms with Crippen LogP contribution in [0.5, 0.6) is 0 Å². The molecule has 0 aliphatic carbocycles. The van der Waals surface area contributed by atoms with E-state index in [1.807, 2.05) is 11.0 Å². The monoisotopic (exact) mass is 334 g/mol. The van der Waals surface area contributed by atoms with Gasteiger partial charge in [0.1, 0.15) is 5.82 Å². The smallest absolute Gasteiger partial charge is 0.364 e. The Kier molecular flexibility index (Phi) is 4.18. The predicted molar refractivity (Wildman–Crippen MR) is 84.1 cm³/mol. The summed E-state index contributed by atoms with van der Waals surface area (Å²) in [7, 11) is 0. The van der Waals surface area contributed by atoms with Gasteiger partial charge in [0.25, 0.3) is 0 Å². The average molecular weight is 334 g/mol. The van der Waals surface area contributed by atoms with E-state index in [-0.39, 0.29) is 12.6 Å². The molecule has 3 rings (SSSR count). The van der Waals surface area contributed by atoms with Crippen LogP contribution in [0.1, 0.15) is 5.56 Å². The van der Waals surface area contributed by atoms with Gasteiger partial charge in [-0.3, -0.25) is 0 Å². The summed E-state index contributed by atoms with van der Waals surface area (Å²) in [5.74, 6) is 0.599. The highest BCUT2D eigenvalue weighted by Gasteiger charge is 2.31. The van der Waals surface area contributed by atoms with E-state index in [0.717, 1.165) is 17.8 Å². The number of benzene rings is 1. The lowest BCUT2D eigenvalue weighted by molar-refractivity contribution is -0.137. The van der Waals surface area contributed by atoms with Crippen LogP contribution in [0.2, 0.25) is 0 Å². The van der Waals surface area contributed by atoms with Crippen molar-refractivity contribution in [1.82, 2.24) is 4.98 Å². The number of azide groups is 1. The van der Waals surface area contributed by atoms with Gasteiger partial charge in [-0.15, -0.1) is 0 Å². The Morgan fingerprint density at radius 1 is 1.29 bits per heavy atom. The van der Waals surface area contributed by atoms with Crippen LogP contribution >= 0.6 is 0 Å². The van der Waals surface area contributed by atoms with Crippen LogP contribution in [0.25, 0.3) is 10.4 Å². The number of hydrogen-bond acceptors (Lipinski definition) is 4. The van der Waals surface area contributed by atoms with Gasteiger partial charge in [-0.05, 0) is 41.9 Å². The second-order valence-corrected chi connectivity index (χ2v) is 5.28. The van der Waals surface area contributed by atoms with Gasteiger partial charge in [-0.1, -0.05) is 5.11 Å². The van der Waals surface area contributed by atoms with Crippen LogP contribution in [0.3, 0.4) is 0 Å². The molecule has 0 bridgehead atoms. The summed E-state index contributed by atoms with van der Waals surface area (Å²) in [4.78, 5) is 8.84. The minimum absolute atomic E-state index is 0.189. The van der Waals surface area contributed by atoms with Crippen LogP contribution in [-0.2, 0) is 6.18 Å². The van der Waals surface area contributed by atoms with Crippen LogP contribution in [0.15, 0.2) is 47.7 Å². The molecule has 1 unspecified atom stereocenters. The number of hydrogen-bond donors (Lipinski definition) is 1. The van der Waals surface area contributed by atoms with Gasteiger partial charge < -0.3 is 10.2 Å². The maximum atomic E-state index is 12.7. The maximum Gasteiger partial charge on any atom is 0.416 e. The molecule has 0 spiro atoms. The third kappa shape index (κ3) is 3.21. The zero-order valence-electron chi connectivity index (χ0n) is 12.4. The summed E-state index contributed by atoms with van der Waals surface area (Å²) in [6, 6.07) is 8.35. The molecule has 0 saturated heterocycles. The van der Waals surface area contributed by atoms with E-state index in [1.54, 1.807) is 12.3 Å². The molecule has 0 fully saturated rings. The third-order valence-corrected chi connectivity index (χ3v) is 3.69. The summed E-state index contributed by atoms with van der Waals surface area (Å²) in [6.45, 7) is 0.659. The van der Waals surface area contributed by atoms with Crippen molar-refractivity contribution in [1.29, 1.82) is 0 Å². The van der Waals surface area contributed by atoms with Crippen molar-refractivity contribution in [2.24, 2.45) is 5.11 Å². The fourth-order valence-electron chi connectivity index (χ4n) is 2.60. The van der Waals surface area contributed by atoms with Gasteiger partial charge in [0.05, 0.1) is 17.3 Å². The third-order valence-electron chi connectivity index (χ3n) is 3.69. The topological polar surface area (TPSA) is 76.9 Å². The molecule has 0 radical (unpaired) electrons. The molecule has 1 aromatic heterocycles. The largest absolute Gasteiger partial charge is 0.416 e. The van der Waals surface area contributed by atoms with Crippen molar-refractivity contribution in [3.63, 3.8) is 0 Å². The second-order valence-electron chi connectivity index (χ2n) is 5.28. The Bertz CT molecular complexity index is 768. The van der Waals surface area contributed by atoms with E-state index in [4.69, 9.17) is 5.53 Å². The molecule has 124 valence electrons. The van der Waals surface area contributed by atoms with E-state index in [0.29, 0.717) is 18.1 Å². The Morgan fingerprint density at radius 3 is 2.71 bits per heavy atom. The van der Waals surface area contributed by atoms with Crippen molar-refractivity contribution in [3.8, 4) is 0 Å². The highest BCUT2D eigenvalue weighted by molar-refractivity contribution is 5.76. The zero-order chi connectivity index (χ0) is 17.2. The molecule has 2 heterocycles. The van der Waals surface area contributed by atoms with Gasteiger partial charge >= 0.3 is 6.18 Å². The summed E-state index contributed by atoms with van der Waals surface area (Å²) in [5.41, 5.74) is 9.15. The molecular weight excluding hydrogens is 321 g/mol. The molecule has 0 saturated carbocycles. The van der Waals surface area contributed by atoms with Crippen LogP contribution in [0, 0.1) is 0 Å². The number of halogens is 3. The molecule has 1 N–H and O–H groups in total. The summed E-state index contributed by atoms with van der Waals surface area (Å²) in [6.07, 6.45) is -2.75. The lowest BCUT2D eigenvalue weighted by Gasteiger charge is -2.36. The quantitative estimate of drug-likeness (QED) is 0.515. The number of rotatable bonds is 3. The van der Waals surface area contributed by atoms with Gasteiger partial charge in [-0.2, -0.15) is 13.2 Å². The number of alkyl halides is 3. The average Bonchev–Trinajstić information content (AvgIpc) is 2.58. The highest BCUT2D eigenvalue weighted by Crippen LogP contribution is 2.36. The Balaban J connectivity index is 1.94. The fourth-order valence-corrected chi connectivity index (χ4v) is 2.60. The predicted octanol–water partition coefficient (Wildman–Crippen LogP) is 4.34. The van der Waals surface area contributed by atoms with Gasteiger partial charge in [0.15, 0.2) is 0 Å². The molecule has 1 aliphatic heterocycles. The Labute approximate surface area is 135 Å². The SMILES string of the molecule is [N-]=[N+]=NCC1CN(c2ccc(C(F)(F)F)cc2)c2cccnc2N1. The molecule has 1 aromatic carbocycles. The van der Waals surface area contributed by atoms with Crippen molar-refractivity contribution in [2.75, 3.05) is 23.3 Å². The number of aromatic nitrogens is 1. The number of nitrogens with one attached hydrogen (secondary N) is 1. The molecule has 2 aromatic rings. The summed E-state index contributed by atoms with van der Waals surface area (Å²) < 4.78 is 38.2. The van der Waals surface area contributed by atoms with Gasteiger partial charge in [0.2, 0.25) is 0 Å². The van der Waals surface area contributed by atoms with E-state index in [9.17, 15) is 13.2 Å². The van der Waals surface area contributed by atoms with Crippen molar-refractivity contribution < 1.29 is 13.2 Å². The molecule has 1 atom stereocenters. The summed E-state index contributed by atoms with van der Waals surface area (Å²) in [5, 5.41) is 6.73. The lowest BCUT2D eigenvalue weighted by Crippen LogP contribution is -2.41. The van der Waals surface area contributed by atoms with E-state index in [1.165, 1.54) is 12.1 Å². The normalized spacial score (nSPS) is 16.8. The minimum atomic E-state index is -4.37. The number of nitrogens with zero attached hydrogens (tertiary/aromatic N) is 5. The van der Waals surface area contributed by atoms with Crippen molar-refractivity contribution >= 4 is 17.2 Å². The van der Waals surface area contributed by atoms with E-state index in [2.05, 4.69) is 20.3 Å². The fraction of sp³-hybridized carbons (Fsp3) is 0.267. The highest BCUT2D eigenvalue weighted by atomic mass is 19.4. The van der Waals surface area contributed by atoms with E-state index < -0.39 is 11.7 Å². The number of fused-ring (bicyclic) bond motifs is 1. The first-order chi connectivity index (χ1) is 11.5. The van der Waals surface area contributed by atoms with E-state index >= 15 is 0 Å². The first-order valence-corrected chi connectivity index (χ1v) is 7.16. The van der Waals surface area contributed by atoms with Crippen molar-refractivity contribution in [2.45, 2.75) is 12.2 Å². The second kappa shape index (κ2) is 6.29. The zero-order valence-corrected chi connectivity index (χ0v) is 12.4. The molecule has 24 heavy (non-hydrogen) atoms. The van der Waals surface area contributed by atoms with Crippen LogP contribution < -0.4 is 10.2 Å². The number of pyridine rings is 1. The molecular formula is C15H13F3N6.